The van der Waals surface area contributed by atoms with Crippen molar-refractivity contribution < 1.29 is 4.79 Å². The van der Waals surface area contributed by atoms with E-state index in [0.717, 1.165) is 24.1 Å². The fraction of sp³-hybridized carbons (Fsp3) is 0.273. The standard InChI is InChI=1S/C22H24N4OS/c23-14-16-5-4-6-17(13-16)20(27)26-11-9-22(10-12-26,18-7-2-1-3-8-18)19-15-28-21(24)25-19/h1-8,13,15H,9-12,14,23H2,(H2,24,25). The van der Waals surface area contributed by atoms with Gasteiger partial charge in [0.2, 0.25) is 0 Å². The third-order valence-electron chi connectivity index (χ3n) is 5.65. The summed E-state index contributed by atoms with van der Waals surface area (Å²) in [4.78, 5) is 19.6. The second-order valence-electron chi connectivity index (χ2n) is 7.22. The van der Waals surface area contributed by atoms with Crippen LogP contribution >= 0.6 is 11.3 Å². The molecular weight excluding hydrogens is 368 g/mol. The van der Waals surface area contributed by atoms with Crippen molar-refractivity contribution in [3.8, 4) is 0 Å². The molecule has 1 fully saturated rings. The maximum absolute atomic E-state index is 13.0. The summed E-state index contributed by atoms with van der Waals surface area (Å²) in [5.41, 5.74) is 15.4. The number of carbonyl (C=O) groups is 1. The minimum Gasteiger partial charge on any atom is -0.375 e. The molecule has 0 radical (unpaired) electrons. The number of aromatic nitrogens is 1. The van der Waals surface area contributed by atoms with Gasteiger partial charge in [0.05, 0.1) is 5.69 Å². The number of thiazole rings is 1. The first-order chi connectivity index (χ1) is 13.6. The van der Waals surface area contributed by atoms with Crippen molar-refractivity contribution in [1.29, 1.82) is 0 Å². The van der Waals surface area contributed by atoms with Gasteiger partial charge in [0, 0.05) is 36.0 Å². The van der Waals surface area contributed by atoms with Crippen LogP contribution in [0.15, 0.2) is 60.0 Å². The second-order valence-corrected chi connectivity index (χ2v) is 8.11. The van der Waals surface area contributed by atoms with Crippen LogP contribution in [-0.2, 0) is 12.0 Å². The Hall–Kier alpha value is -2.70. The van der Waals surface area contributed by atoms with Gasteiger partial charge in [-0.2, -0.15) is 0 Å². The summed E-state index contributed by atoms with van der Waals surface area (Å²) in [6.45, 7) is 1.79. The third kappa shape index (κ3) is 3.41. The van der Waals surface area contributed by atoms with Crippen LogP contribution in [0.3, 0.4) is 0 Å². The van der Waals surface area contributed by atoms with Crippen LogP contribution < -0.4 is 11.5 Å². The van der Waals surface area contributed by atoms with Gasteiger partial charge >= 0.3 is 0 Å². The molecule has 6 heteroatoms. The molecular formula is C22H24N4OS. The van der Waals surface area contributed by atoms with Gasteiger partial charge in [0.1, 0.15) is 0 Å². The second kappa shape index (κ2) is 7.73. The molecule has 1 aliphatic heterocycles. The normalized spacial score (nSPS) is 16.1. The molecule has 1 aliphatic rings. The number of rotatable bonds is 4. The van der Waals surface area contributed by atoms with Gasteiger partial charge < -0.3 is 16.4 Å². The predicted molar refractivity (Wildman–Crippen MR) is 113 cm³/mol. The molecule has 28 heavy (non-hydrogen) atoms. The lowest BCUT2D eigenvalue weighted by Crippen LogP contribution is -2.46. The predicted octanol–water partition coefficient (Wildman–Crippen LogP) is 3.41. The van der Waals surface area contributed by atoms with Crippen LogP contribution in [0.4, 0.5) is 5.13 Å². The SMILES string of the molecule is NCc1cccc(C(=O)N2CCC(c3ccccc3)(c3csc(N)n3)CC2)c1. The lowest BCUT2D eigenvalue weighted by atomic mass is 9.70. The number of anilines is 1. The Morgan fingerprint density at radius 2 is 1.86 bits per heavy atom. The molecule has 1 aromatic heterocycles. The number of benzene rings is 2. The van der Waals surface area contributed by atoms with Crippen LogP contribution in [0.2, 0.25) is 0 Å². The summed E-state index contributed by atoms with van der Waals surface area (Å²) in [7, 11) is 0. The number of hydrogen-bond acceptors (Lipinski definition) is 5. The number of nitrogens with zero attached hydrogens (tertiary/aromatic N) is 2. The lowest BCUT2D eigenvalue weighted by Gasteiger charge is -2.41. The molecule has 2 heterocycles. The number of nitrogen functional groups attached to an aromatic ring is 1. The smallest absolute Gasteiger partial charge is 0.253 e. The molecule has 1 amide bonds. The highest BCUT2D eigenvalue weighted by molar-refractivity contribution is 7.13. The Kier molecular flexibility index (Phi) is 5.15. The first kappa shape index (κ1) is 18.7. The van der Waals surface area contributed by atoms with Crippen LogP contribution in [-0.4, -0.2) is 28.9 Å². The van der Waals surface area contributed by atoms with E-state index in [2.05, 4.69) is 34.6 Å². The van der Waals surface area contributed by atoms with E-state index in [4.69, 9.17) is 11.5 Å². The van der Waals surface area contributed by atoms with Crippen LogP contribution in [0.5, 0.6) is 0 Å². The molecule has 2 aromatic carbocycles. The van der Waals surface area contributed by atoms with Crippen molar-refractivity contribution >= 4 is 22.4 Å². The average Bonchev–Trinajstić information content (AvgIpc) is 3.21. The Morgan fingerprint density at radius 3 is 2.50 bits per heavy atom. The van der Waals surface area contributed by atoms with E-state index in [9.17, 15) is 4.79 Å². The summed E-state index contributed by atoms with van der Waals surface area (Å²) in [6.07, 6.45) is 1.64. The molecule has 0 bridgehead atoms. The number of hydrogen-bond donors (Lipinski definition) is 2. The van der Waals surface area contributed by atoms with Crippen molar-refractivity contribution in [3.05, 3.63) is 82.4 Å². The molecule has 3 aromatic rings. The van der Waals surface area contributed by atoms with E-state index in [1.165, 1.54) is 16.9 Å². The minimum absolute atomic E-state index is 0.0646. The Bertz CT molecular complexity index is 961. The van der Waals surface area contributed by atoms with E-state index in [1.54, 1.807) is 0 Å². The van der Waals surface area contributed by atoms with Gasteiger partial charge in [-0.05, 0) is 36.1 Å². The summed E-state index contributed by atoms with van der Waals surface area (Å²) in [5, 5.41) is 2.65. The number of likely N-dealkylation sites (tertiary alicyclic amines) is 1. The highest BCUT2D eigenvalue weighted by atomic mass is 32.1. The zero-order valence-electron chi connectivity index (χ0n) is 15.7. The van der Waals surface area contributed by atoms with Crippen molar-refractivity contribution in [2.45, 2.75) is 24.8 Å². The maximum Gasteiger partial charge on any atom is 0.253 e. The molecule has 0 aliphatic carbocycles. The molecule has 4 rings (SSSR count). The van der Waals surface area contributed by atoms with E-state index < -0.39 is 0 Å². The van der Waals surface area contributed by atoms with Crippen LogP contribution in [0, 0.1) is 0 Å². The van der Waals surface area contributed by atoms with E-state index in [-0.39, 0.29) is 11.3 Å². The topological polar surface area (TPSA) is 85.2 Å². The quantitative estimate of drug-likeness (QED) is 0.712. The van der Waals surface area contributed by atoms with Gasteiger partial charge in [-0.3, -0.25) is 4.79 Å². The fourth-order valence-electron chi connectivity index (χ4n) is 4.06. The highest BCUT2D eigenvalue weighted by Crippen LogP contribution is 2.42. The number of piperidine rings is 1. The fourth-order valence-corrected chi connectivity index (χ4v) is 4.72. The van der Waals surface area contributed by atoms with Crippen LogP contribution in [0.25, 0.3) is 0 Å². The first-order valence-electron chi connectivity index (χ1n) is 9.48. The molecule has 1 saturated heterocycles. The Morgan fingerprint density at radius 1 is 1.11 bits per heavy atom. The number of nitrogens with two attached hydrogens (primary N) is 2. The van der Waals surface area contributed by atoms with Gasteiger partial charge in [0.15, 0.2) is 5.13 Å². The monoisotopic (exact) mass is 392 g/mol. The molecule has 0 unspecified atom stereocenters. The largest absolute Gasteiger partial charge is 0.375 e. The van der Waals surface area contributed by atoms with E-state index >= 15 is 0 Å². The Labute approximate surface area is 169 Å². The molecule has 0 spiro atoms. The van der Waals surface area contributed by atoms with Crippen molar-refractivity contribution in [1.82, 2.24) is 9.88 Å². The third-order valence-corrected chi connectivity index (χ3v) is 6.33. The molecule has 144 valence electrons. The lowest BCUT2D eigenvalue weighted by molar-refractivity contribution is 0.0684. The van der Waals surface area contributed by atoms with Gasteiger partial charge in [-0.25, -0.2) is 4.98 Å². The molecule has 0 atom stereocenters. The van der Waals surface area contributed by atoms with Crippen molar-refractivity contribution in [2.24, 2.45) is 5.73 Å². The maximum atomic E-state index is 13.0. The minimum atomic E-state index is -0.203. The highest BCUT2D eigenvalue weighted by Gasteiger charge is 2.40. The van der Waals surface area contributed by atoms with Crippen molar-refractivity contribution in [3.63, 3.8) is 0 Å². The first-order valence-corrected chi connectivity index (χ1v) is 10.4. The number of amides is 1. The zero-order valence-corrected chi connectivity index (χ0v) is 16.5. The zero-order chi connectivity index (χ0) is 19.6. The van der Waals surface area contributed by atoms with Crippen molar-refractivity contribution in [2.75, 3.05) is 18.8 Å². The van der Waals surface area contributed by atoms with Crippen LogP contribution in [0.1, 0.15) is 40.0 Å². The van der Waals surface area contributed by atoms with Gasteiger partial charge in [-0.1, -0.05) is 42.5 Å². The van der Waals surface area contributed by atoms with E-state index in [1.807, 2.05) is 35.2 Å². The average molecular weight is 393 g/mol. The summed E-state index contributed by atoms with van der Waals surface area (Å²) in [6, 6.07) is 18.0. The number of carbonyl (C=O) groups excluding carboxylic acids is 1. The summed E-state index contributed by atoms with van der Waals surface area (Å²) in [5.74, 6) is 0.0646. The van der Waals surface area contributed by atoms with E-state index in [0.29, 0.717) is 30.3 Å². The summed E-state index contributed by atoms with van der Waals surface area (Å²) < 4.78 is 0. The molecule has 0 saturated carbocycles. The molecule has 4 N–H and O–H groups in total. The Balaban J connectivity index is 1.59. The molecule has 5 nitrogen and oxygen atoms in total. The van der Waals surface area contributed by atoms with Gasteiger partial charge in [0.25, 0.3) is 5.91 Å². The summed E-state index contributed by atoms with van der Waals surface area (Å²) >= 11 is 1.47. The van der Waals surface area contributed by atoms with Gasteiger partial charge in [-0.15, -0.1) is 11.3 Å².